The van der Waals surface area contributed by atoms with Crippen LogP contribution in [0.3, 0.4) is 0 Å². The third-order valence-electron chi connectivity index (χ3n) is 2.98. The lowest BCUT2D eigenvalue weighted by Crippen LogP contribution is -2.24. The molecule has 102 valence electrons. The average Bonchev–Trinajstić information content (AvgIpc) is 2.83. The molecule has 0 radical (unpaired) electrons. The summed E-state index contributed by atoms with van der Waals surface area (Å²) in [4.78, 5) is 0. The van der Waals surface area contributed by atoms with E-state index in [1.807, 2.05) is 12.1 Å². The van der Waals surface area contributed by atoms with Gasteiger partial charge in [0.2, 0.25) is 0 Å². The van der Waals surface area contributed by atoms with Crippen LogP contribution in [-0.4, -0.2) is 6.54 Å². The highest BCUT2D eigenvalue weighted by Gasteiger charge is 2.18. The lowest BCUT2D eigenvalue weighted by molar-refractivity contribution is 0.408. The zero-order chi connectivity index (χ0) is 13.7. The summed E-state index contributed by atoms with van der Waals surface area (Å²) in [6.07, 6.45) is 3.72. The van der Waals surface area contributed by atoms with Crippen molar-refractivity contribution in [3.8, 4) is 0 Å². The van der Waals surface area contributed by atoms with Crippen LogP contribution in [0.1, 0.15) is 30.7 Å². The fourth-order valence-electron chi connectivity index (χ4n) is 2.01. The molecule has 1 atom stereocenters. The largest absolute Gasteiger partial charge is 0.466 e. The van der Waals surface area contributed by atoms with Gasteiger partial charge in [-0.15, -0.1) is 0 Å². The first-order chi connectivity index (χ1) is 9.22. The van der Waals surface area contributed by atoms with Crippen molar-refractivity contribution >= 4 is 31.9 Å². The third-order valence-corrected chi connectivity index (χ3v) is 4.41. The number of furan rings is 1. The molecule has 0 fully saturated rings. The van der Waals surface area contributed by atoms with E-state index in [0.29, 0.717) is 0 Å². The van der Waals surface area contributed by atoms with Crippen LogP contribution in [-0.2, 0) is 6.42 Å². The van der Waals surface area contributed by atoms with Crippen molar-refractivity contribution in [2.75, 3.05) is 6.54 Å². The second-order valence-electron chi connectivity index (χ2n) is 4.44. The molecule has 0 bridgehead atoms. The molecule has 2 nitrogen and oxygen atoms in total. The van der Waals surface area contributed by atoms with E-state index in [2.05, 4.69) is 62.3 Å². The Hall–Kier alpha value is -0.580. The SMILES string of the molecule is CCCNC(Cc1ccccc1Br)c1occc1Br. The van der Waals surface area contributed by atoms with Crippen LogP contribution in [0.2, 0.25) is 0 Å². The van der Waals surface area contributed by atoms with Gasteiger partial charge in [-0.25, -0.2) is 0 Å². The summed E-state index contributed by atoms with van der Waals surface area (Å²) in [5.74, 6) is 0.962. The summed E-state index contributed by atoms with van der Waals surface area (Å²) in [5, 5.41) is 3.54. The highest BCUT2D eigenvalue weighted by atomic mass is 79.9. The molecule has 0 saturated carbocycles. The molecular weight excluding hydrogens is 370 g/mol. The summed E-state index contributed by atoms with van der Waals surface area (Å²) in [6, 6.07) is 10.4. The van der Waals surface area contributed by atoms with Crippen LogP contribution in [0.15, 0.2) is 50.0 Å². The van der Waals surface area contributed by atoms with Crippen LogP contribution in [0.25, 0.3) is 0 Å². The van der Waals surface area contributed by atoms with Crippen molar-refractivity contribution in [2.45, 2.75) is 25.8 Å². The first kappa shape index (κ1) is 14.8. The summed E-state index contributed by atoms with van der Waals surface area (Å²) in [6.45, 7) is 3.14. The van der Waals surface area contributed by atoms with E-state index in [9.17, 15) is 0 Å². The third kappa shape index (κ3) is 3.94. The van der Waals surface area contributed by atoms with Gasteiger partial charge >= 0.3 is 0 Å². The maximum Gasteiger partial charge on any atom is 0.135 e. The van der Waals surface area contributed by atoms with Crippen molar-refractivity contribution in [3.05, 3.63) is 56.9 Å². The maximum absolute atomic E-state index is 5.61. The van der Waals surface area contributed by atoms with Gasteiger partial charge in [-0.05, 0) is 53.0 Å². The lowest BCUT2D eigenvalue weighted by atomic mass is 10.0. The number of halogens is 2. The van der Waals surface area contributed by atoms with Gasteiger partial charge in [0.1, 0.15) is 5.76 Å². The van der Waals surface area contributed by atoms with E-state index < -0.39 is 0 Å². The van der Waals surface area contributed by atoms with Gasteiger partial charge in [-0.3, -0.25) is 0 Å². The Bertz CT molecular complexity index is 524. The van der Waals surface area contributed by atoms with Crippen LogP contribution in [0.4, 0.5) is 0 Å². The quantitative estimate of drug-likeness (QED) is 0.747. The van der Waals surface area contributed by atoms with E-state index in [-0.39, 0.29) is 6.04 Å². The molecule has 1 heterocycles. The summed E-state index contributed by atoms with van der Waals surface area (Å²) < 4.78 is 7.77. The maximum atomic E-state index is 5.61. The van der Waals surface area contributed by atoms with E-state index in [1.54, 1.807) is 6.26 Å². The van der Waals surface area contributed by atoms with Gasteiger partial charge in [-0.1, -0.05) is 41.1 Å². The molecule has 0 aliphatic heterocycles. The van der Waals surface area contributed by atoms with E-state index in [0.717, 1.165) is 34.1 Å². The number of rotatable bonds is 6. The van der Waals surface area contributed by atoms with Crippen LogP contribution < -0.4 is 5.32 Å². The van der Waals surface area contributed by atoms with Crippen LogP contribution in [0.5, 0.6) is 0 Å². The molecule has 0 aliphatic carbocycles. The zero-order valence-electron chi connectivity index (χ0n) is 10.8. The van der Waals surface area contributed by atoms with Crippen molar-refractivity contribution in [2.24, 2.45) is 0 Å². The molecule has 0 amide bonds. The highest BCUT2D eigenvalue weighted by molar-refractivity contribution is 9.10. The predicted octanol–water partition coefficient (Wildman–Crippen LogP) is 5.09. The fraction of sp³-hybridized carbons (Fsp3) is 0.333. The second kappa shape index (κ2) is 7.27. The molecule has 1 unspecified atom stereocenters. The normalized spacial score (nSPS) is 12.6. The first-order valence-electron chi connectivity index (χ1n) is 6.42. The molecule has 1 aromatic heterocycles. The molecule has 0 saturated heterocycles. The standard InChI is InChI=1S/C15H17Br2NO/c1-2-8-18-14(15-13(17)7-9-19-15)10-11-5-3-4-6-12(11)16/h3-7,9,14,18H,2,8,10H2,1H3. The monoisotopic (exact) mass is 385 g/mol. The van der Waals surface area contributed by atoms with Gasteiger partial charge in [0.25, 0.3) is 0 Å². The molecule has 4 heteroatoms. The smallest absolute Gasteiger partial charge is 0.135 e. The average molecular weight is 387 g/mol. The van der Waals surface area contributed by atoms with Crippen molar-refractivity contribution in [1.82, 2.24) is 5.32 Å². The molecule has 0 aliphatic rings. The number of hydrogen-bond acceptors (Lipinski definition) is 2. The van der Waals surface area contributed by atoms with Gasteiger partial charge in [-0.2, -0.15) is 0 Å². The summed E-state index contributed by atoms with van der Waals surface area (Å²) >= 11 is 7.15. The summed E-state index contributed by atoms with van der Waals surface area (Å²) in [5.41, 5.74) is 1.28. The Kier molecular flexibility index (Phi) is 5.67. The summed E-state index contributed by atoms with van der Waals surface area (Å²) in [7, 11) is 0. The zero-order valence-corrected chi connectivity index (χ0v) is 14.0. The number of benzene rings is 1. The predicted molar refractivity (Wildman–Crippen MR) is 85.3 cm³/mol. The molecular formula is C15H17Br2NO. The minimum Gasteiger partial charge on any atom is -0.466 e. The molecule has 1 aromatic carbocycles. The minimum atomic E-state index is 0.183. The van der Waals surface area contributed by atoms with Gasteiger partial charge < -0.3 is 9.73 Å². The fourth-order valence-corrected chi connectivity index (χ4v) is 2.94. The Morgan fingerprint density at radius 1 is 1.16 bits per heavy atom. The van der Waals surface area contributed by atoms with Crippen molar-refractivity contribution < 1.29 is 4.42 Å². The van der Waals surface area contributed by atoms with Crippen molar-refractivity contribution in [1.29, 1.82) is 0 Å². The highest BCUT2D eigenvalue weighted by Crippen LogP contribution is 2.29. The number of nitrogens with one attached hydrogen (secondary N) is 1. The van der Waals surface area contributed by atoms with Gasteiger partial charge in [0.05, 0.1) is 16.8 Å². The Balaban J connectivity index is 2.19. The molecule has 19 heavy (non-hydrogen) atoms. The van der Waals surface area contributed by atoms with E-state index >= 15 is 0 Å². The Labute approximate surface area is 130 Å². The van der Waals surface area contributed by atoms with E-state index in [1.165, 1.54) is 5.56 Å². The lowest BCUT2D eigenvalue weighted by Gasteiger charge is -2.17. The second-order valence-corrected chi connectivity index (χ2v) is 6.14. The van der Waals surface area contributed by atoms with Crippen LogP contribution >= 0.6 is 31.9 Å². The molecule has 2 rings (SSSR count). The minimum absolute atomic E-state index is 0.183. The molecule has 0 spiro atoms. The topological polar surface area (TPSA) is 25.2 Å². The van der Waals surface area contributed by atoms with Crippen molar-refractivity contribution in [3.63, 3.8) is 0 Å². The molecule has 2 aromatic rings. The molecule has 1 N–H and O–H groups in total. The first-order valence-corrected chi connectivity index (χ1v) is 8.00. The van der Waals surface area contributed by atoms with Gasteiger partial charge in [0, 0.05) is 4.47 Å². The number of hydrogen-bond donors (Lipinski definition) is 1. The Morgan fingerprint density at radius 3 is 2.58 bits per heavy atom. The van der Waals surface area contributed by atoms with Crippen LogP contribution in [0, 0.1) is 0 Å². The Morgan fingerprint density at radius 2 is 1.95 bits per heavy atom. The van der Waals surface area contributed by atoms with Gasteiger partial charge in [0.15, 0.2) is 0 Å². The van der Waals surface area contributed by atoms with E-state index in [4.69, 9.17) is 4.42 Å².